The summed E-state index contributed by atoms with van der Waals surface area (Å²) >= 11 is 0. The molecule has 0 saturated carbocycles. The van der Waals surface area contributed by atoms with Crippen molar-refractivity contribution < 1.29 is 14.3 Å². The van der Waals surface area contributed by atoms with Crippen LogP contribution in [0.25, 0.3) is 0 Å². The smallest absolute Gasteiger partial charge is 0.227 e. The van der Waals surface area contributed by atoms with E-state index >= 15 is 0 Å². The fourth-order valence-electron chi connectivity index (χ4n) is 4.24. The normalized spacial score (nSPS) is 21.4. The molecule has 2 aliphatic heterocycles. The standard InChI is InChI=1S/C22H32N2O3/c1-22(2,3)21(26)23-14-11-17(12-15-23)20(25)24-13-5-6-19(24)16-7-9-18(27-4)10-8-16/h7-10,17,19H,5-6,11-15H2,1-4H3/t19-/m0/s1. The predicted molar refractivity (Wildman–Crippen MR) is 105 cm³/mol. The molecule has 2 heterocycles. The molecule has 148 valence electrons. The van der Waals surface area contributed by atoms with E-state index in [1.807, 2.05) is 37.8 Å². The molecule has 2 amide bonds. The Bertz CT molecular complexity index is 670. The molecule has 3 rings (SSSR count). The Morgan fingerprint density at radius 2 is 1.63 bits per heavy atom. The number of likely N-dealkylation sites (tertiary alicyclic amines) is 2. The number of piperidine rings is 1. The quantitative estimate of drug-likeness (QED) is 0.814. The molecule has 0 spiro atoms. The molecular formula is C22H32N2O3. The van der Waals surface area contributed by atoms with E-state index in [1.165, 1.54) is 5.56 Å². The highest BCUT2D eigenvalue weighted by molar-refractivity contribution is 5.83. The molecule has 0 N–H and O–H groups in total. The SMILES string of the molecule is COc1ccc([C@@H]2CCCN2C(=O)C2CCN(C(=O)C(C)(C)C)CC2)cc1. The first-order valence-electron chi connectivity index (χ1n) is 10.0. The zero-order valence-electron chi connectivity index (χ0n) is 17.0. The fourth-order valence-corrected chi connectivity index (χ4v) is 4.24. The van der Waals surface area contributed by atoms with Gasteiger partial charge < -0.3 is 14.5 Å². The van der Waals surface area contributed by atoms with Crippen LogP contribution in [0.1, 0.15) is 58.1 Å². The summed E-state index contributed by atoms with van der Waals surface area (Å²) < 4.78 is 5.24. The highest BCUT2D eigenvalue weighted by Crippen LogP contribution is 2.35. The van der Waals surface area contributed by atoms with Crippen molar-refractivity contribution in [1.29, 1.82) is 0 Å². The molecule has 5 heteroatoms. The van der Waals surface area contributed by atoms with Crippen molar-refractivity contribution >= 4 is 11.8 Å². The number of hydrogen-bond acceptors (Lipinski definition) is 3. The monoisotopic (exact) mass is 372 g/mol. The van der Waals surface area contributed by atoms with Gasteiger partial charge in [-0.25, -0.2) is 0 Å². The van der Waals surface area contributed by atoms with Crippen LogP contribution in [0.5, 0.6) is 5.75 Å². The first-order chi connectivity index (χ1) is 12.8. The summed E-state index contributed by atoms with van der Waals surface area (Å²) in [4.78, 5) is 29.6. The molecule has 2 fully saturated rings. The minimum absolute atomic E-state index is 0.0351. The number of ether oxygens (including phenoxy) is 1. The molecule has 0 radical (unpaired) electrons. The summed E-state index contributed by atoms with van der Waals surface area (Å²) in [6, 6.07) is 8.23. The second-order valence-corrected chi connectivity index (χ2v) is 8.78. The highest BCUT2D eigenvalue weighted by Gasteiger charge is 2.37. The number of benzene rings is 1. The van der Waals surface area contributed by atoms with E-state index in [9.17, 15) is 9.59 Å². The van der Waals surface area contributed by atoms with Gasteiger partial charge in [0.05, 0.1) is 13.2 Å². The van der Waals surface area contributed by atoms with Gasteiger partial charge in [-0.05, 0) is 43.4 Å². The van der Waals surface area contributed by atoms with E-state index < -0.39 is 0 Å². The maximum absolute atomic E-state index is 13.2. The van der Waals surface area contributed by atoms with Crippen molar-refractivity contribution in [3.8, 4) is 5.75 Å². The van der Waals surface area contributed by atoms with Crippen molar-refractivity contribution in [2.24, 2.45) is 11.3 Å². The van der Waals surface area contributed by atoms with E-state index in [4.69, 9.17) is 4.74 Å². The molecule has 1 aromatic rings. The van der Waals surface area contributed by atoms with Crippen molar-refractivity contribution in [3.05, 3.63) is 29.8 Å². The van der Waals surface area contributed by atoms with Crippen LogP contribution in [-0.4, -0.2) is 48.4 Å². The third-order valence-corrected chi connectivity index (χ3v) is 5.81. The van der Waals surface area contributed by atoms with Crippen LogP contribution >= 0.6 is 0 Å². The number of rotatable bonds is 3. The van der Waals surface area contributed by atoms with Gasteiger partial charge in [0.2, 0.25) is 11.8 Å². The third kappa shape index (κ3) is 4.28. The summed E-state index contributed by atoms with van der Waals surface area (Å²) in [5, 5.41) is 0. The Hall–Kier alpha value is -2.04. The number of carbonyl (C=O) groups excluding carboxylic acids is 2. The first-order valence-corrected chi connectivity index (χ1v) is 10.0. The van der Waals surface area contributed by atoms with Gasteiger partial charge in [-0.2, -0.15) is 0 Å². The number of nitrogens with zero attached hydrogens (tertiary/aromatic N) is 2. The molecule has 1 atom stereocenters. The minimum atomic E-state index is -0.356. The fraction of sp³-hybridized carbons (Fsp3) is 0.636. The first kappa shape index (κ1) is 19.7. The molecule has 0 unspecified atom stereocenters. The van der Waals surface area contributed by atoms with Gasteiger partial charge in [0.15, 0.2) is 0 Å². The van der Waals surface area contributed by atoms with E-state index in [0.29, 0.717) is 13.1 Å². The zero-order chi connectivity index (χ0) is 19.6. The lowest BCUT2D eigenvalue weighted by Gasteiger charge is -2.37. The Balaban J connectivity index is 1.62. The van der Waals surface area contributed by atoms with Gasteiger partial charge in [-0.15, -0.1) is 0 Å². The molecule has 2 saturated heterocycles. The average Bonchev–Trinajstić information content (AvgIpc) is 3.16. The minimum Gasteiger partial charge on any atom is -0.497 e. The molecular weight excluding hydrogens is 340 g/mol. The highest BCUT2D eigenvalue weighted by atomic mass is 16.5. The zero-order valence-corrected chi connectivity index (χ0v) is 17.0. The molecule has 27 heavy (non-hydrogen) atoms. The topological polar surface area (TPSA) is 49.9 Å². The van der Waals surface area contributed by atoms with Crippen LogP contribution in [0, 0.1) is 11.3 Å². The van der Waals surface area contributed by atoms with E-state index in [0.717, 1.165) is 38.0 Å². The van der Waals surface area contributed by atoms with Crippen molar-refractivity contribution in [2.75, 3.05) is 26.7 Å². The molecule has 0 bridgehead atoms. The van der Waals surface area contributed by atoms with Crippen LogP contribution in [0.4, 0.5) is 0 Å². The lowest BCUT2D eigenvalue weighted by molar-refractivity contribution is -0.145. The Labute approximate surface area is 162 Å². The van der Waals surface area contributed by atoms with E-state index in [1.54, 1.807) is 7.11 Å². The maximum atomic E-state index is 13.2. The molecule has 1 aromatic carbocycles. The lowest BCUT2D eigenvalue weighted by Crippen LogP contribution is -2.47. The Morgan fingerprint density at radius 3 is 2.19 bits per heavy atom. The lowest BCUT2D eigenvalue weighted by atomic mass is 9.90. The summed E-state index contributed by atoms with van der Waals surface area (Å²) in [5.41, 5.74) is 0.827. The van der Waals surface area contributed by atoms with Crippen LogP contribution in [0.3, 0.4) is 0 Å². The molecule has 0 aromatic heterocycles. The second kappa shape index (κ2) is 7.91. The van der Waals surface area contributed by atoms with E-state index in [-0.39, 0.29) is 29.2 Å². The van der Waals surface area contributed by atoms with Gasteiger partial charge in [0.1, 0.15) is 5.75 Å². The van der Waals surface area contributed by atoms with Gasteiger partial charge in [-0.1, -0.05) is 32.9 Å². The Kier molecular flexibility index (Phi) is 5.78. The summed E-state index contributed by atoms with van der Waals surface area (Å²) in [7, 11) is 1.66. The number of hydrogen-bond donors (Lipinski definition) is 0. The van der Waals surface area contributed by atoms with Crippen molar-refractivity contribution in [1.82, 2.24) is 9.80 Å². The van der Waals surface area contributed by atoms with Crippen LogP contribution in [0.15, 0.2) is 24.3 Å². The average molecular weight is 373 g/mol. The number of methoxy groups -OCH3 is 1. The van der Waals surface area contributed by atoms with Gasteiger partial charge in [0.25, 0.3) is 0 Å². The molecule has 5 nitrogen and oxygen atoms in total. The number of carbonyl (C=O) groups is 2. The molecule has 2 aliphatic rings. The second-order valence-electron chi connectivity index (χ2n) is 8.78. The van der Waals surface area contributed by atoms with Gasteiger partial charge in [0, 0.05) is 31.0 Å². The van der Waals surface area contributed by atoms with Crippen molar-refractivity contribution in [3.63, 3.8) is 0 Å². The summed E-state index contributed by atoms with van der Waals surface area (Å²) in [6.45, 7) is 8.07. The maximum Gasteiger partial charge on any atom is 0.227 e. The third-order valence-electron chi connectivity index (χ3n) is 5.81. The van der Waals surface area contributed by atoms with Crippen LogP contribution < -0.4 is 4.74 Å². The summed E-state index contributed by atoms with van der Waals surface area (Å²) in [6.07, 6.45) is 3.60. The van der Waals surface area contributed by atoms with Crippen LogP contribution in [0.2, 0.25) is 0 Å². The largest absolute Gasteiger partial charge is 0.497 e. The number of amides is 2. The van der Waals surface area contributed by atoms with Gasteiger partial charge >= 0.3 is 0 Å². The molecule has 0 aliphatic carbocycles. The van der Waals surface area contributed by atoms with E-state index in [2.05, 4.69) is 17.0 Å². The Morgan fingerprint density at radius 1 is 1.00 bits per heavy atom. The van der Waals surface area contributed by atoms with Crippen molar-refractivity contribution in [2.45, 2.75) is 52.5 Å². The predicted octanol–water partition coefficient (Wildman–Crippen LogP) is 3.64. The van der Waals surface area contributed by atoms with Gasteiger partial charge in [-0.3, -0.25) is 9.59 Å². The summed E-state index contributed by atoms with van der Waals surface area (Å²) in [5.74, 6) is 1.32. The van der Waals surface area contributed by atoms with Crippen LogP contribution in [-0.2, 0) is 9.59 Å².